The second-order valence-corrected chi connectivity index (χ2v) is 6.07. The van der Waals surface area contributed by atoms with E-state index in [9.17, 15) is 13.9 Å². The summed E-state index contributed by atoms with van der Waals surface area (Å²) in [5.41, 5.74) is 5.56. The van der Waals surface area contributed by atoms with E-state index >= 15 is 0 Å². The predicted octanol–water partition coefficient (Wildman–Crippen LogP) is 1.81. The molecule has 0 aromatic heterocycles. The number of hydrogen-bond acceptors (Lipinski definition) is 3. The van der Waals surface area contributed by atoms with Crippen LogP contribution in [0.5, 0.6) is 0 Å². The van der Waals surface area contributed by atoms with Crippen LogP contribution in [0.4, 0.5) is 14.5 Å². The van der Waals surface area contributed by atoms with E-state index < -0.39 is 11.6 Å². The largest absolute Gasteiger partial charge is 0.393 e. The van der Waals surface area contributed by atoms with E-state index in [-0.39, 0.29) is 28.3 Å². The van der Waals surface area contributed by atoms with Crippen molar-refractivity contribution in [1.82, 2.24) is 0 Å². The first kappa shape index (κ1) is 13.7. The molecule has 20 heavy (non-hydrogen) atoms. The number of benzene rings is 1. The van der Waals surface area contributed by atoms with Crippen LogP contribution in [0.1, 0.15) is 18.4 Å². The van der Waals surface area contributed by atoms with Crippen molar-refractivity contribution in [2.75, 3.05) is 18.0 Å². The zero-order valence-electron chi connectivity index (χ0n) is 10.9. The molecule has 1 saturated heterocycles. The molecule has 3 nitrogen and oxygen atoms in total. The van der Waals surface area contributed by atoms with Crippen LogP contribution in [-0.4, -0.2) is 29.3 Å². The van der Waals surface area contributed by atoms with Crippen molar-refractivity contribution in [3.63, 3.8) is 0 Å². The van der Waals surface area contributed by atoms with E-state index in [0.717, 1.165) is 12.8 Å². The Morgan fingerprint density at radius 1 is 1.25 bits per heavy atom. The Morgan fingerprint density at radius 3 is 2.45 bits per heavy atom. The molecule has 1 aliphatic heterocycles. The molecule has 1 aromatic rings. The lowest BCUT2D eigenvalue weighted by molar-refractivity contribution is 0.133. The molecular formula is C14H16F2N2OS. The van der Waals surface area contributed by atoms with E-state index in [4.69, 9.17) is 18.0 Å². The van der Waals surface area contributed by atoms with Gasteiger partial charge in [-0.25, -0.2) is 8.78 Å². The van der Waals surface area contributed by atoms with Crippen molar-refractivity contribution in [2.24, 2.45) is 17.6 Å². The fourth-order valence-electron chi connectivity index (χ4n) is 3.43. The van der Waals surface area contributed by atoms with Crippen molar-refractivity contribution in [3.05, 3.63) is 29.3 Å². The van der Waals surface area contributed by atoms with Crippen LogP contribution in [0.25, 0.3) is 0 Å². The molecule has 2 aliphatic rings. The molecule has 2 fully saturated rings. The molecule has 0 spiro atoms. The van der Waals surface area contributed by atoms with E-state index in [1.807, 2.05) is 0 Å². The summed E-state index contributed by atoms with van der Waals surface area (Å²) in [5.74, 6) is -0.868. The number of thiocarbonyl (C=S) groups is 1. The van der Waals surface area contributed by atoms with Crippen molar-refractivity contribution in [1.29, 1.82) is 0 Å². The van der Waals surface area contributed by atoms with Crippen LogP contribution in [0.15, 0.2) is 12.1 Å². The Kier molecular flexibility index (Phi) is 3.38. The molecule has 3 atom stereocenters. The maximum Gasteiger partial charge on any atom is 0.150 e. The van der Waals surface area contributed by atoms with Gasteiger partial charge in [0.25, 0.3) is 0 Å². The second-order valence-electron chi connectivity index (χ2n) is 5.63. The van der Waals surface area contributed by atoms with Gasteiger partial charge in [-0.1, -0.05) is 12.2 Å². The summed E-state index contributed by atoms with van der Waals surface area (Å²) in [4.78, 5) is 1.66. The Labute approximate surface area is 121 Å². The van der Waals surface area contributed by atoms with Crippen molar-refractivity contribution < 1.29 is 13.9 Å². The lowest BCUT2D eigenvalue weighted by atomic mass is 10.00. The number of fused-ring (bicyclic) bond motifs is 1. The summed E-state index contributed by atoms with van der Waals surface area (Å²) in [5, 5.41) is 9.87. The number of nitrogens with two attached hydrogens (primary N) is 1. The van der Waals surface area contributed by atoms with E-state index in [1.165, 1.54) is 12.1 Å². The van der Waals surface area contributed by atoms with Gasteiger partial charge in [-0.3, -0.25) is 0 Å². The van der Waals surface area contributed by atoms with Gasteiger partial charge in [0.1, 0.15) is 22.3 Å². The Bertz CT molecular complexity index is 543. The van der Waals surface area contributed by atoms with Gasteiger partial charge in [0.2, 0.25) is 0 Å². The van der Waals surface area contributed by atoms with Crippen molar-refractivity contribution >= 4 is 22.9 Å². The summed E-state index contributed by atoms with van der Waals surface area (Å²) >= 11 is 4.74. The van der Waals surface area contributed by atoms with Crippen LogP contribution in [0.2, 0.25) is 0 Å². The normalized spacial score (nSPS) is 28.8. The number of hydrogen-bond donors (Lipinski definition) is 2. The van der Waals surface area contributed by atoms with E-state index in [2.05, 4.69) is 0 Å². The predicted molar refractivity (Wildman–Crippen MR) is 76.7 cm³/mol. The molecule has 0 radical (unpaired) electrons. The smallest absolute Gasteiger partial charge is 0.150 e. The van der Waals surface area contributed by atoms with Crippen molar-refractivity contribution in [2.45, 2.75) is 18.9 Å². The van der Waals surface area contributed by atoms with Crippen molar-refractivity contribution in [3.8, 4) is 0 Å². The number of nitrogens with zero attached hydrogens (tertiary/aromatic N) is 1. The lowest BCUT2D eigenvalue weighted by Crippen LogP contribution is -2.26. The molecule has 0 bridgehead atoms. The Morgan fingerprint density at radius 2 is 1.90 bits per heavy atom. The van der Waals surface area contributed by atoms with Gasteiger partial charge in [0.05, 0.1) is 6.10 Å². The Balaban J connectivity index is 1.90. The molecule has 3 unspecified atom stereocenters. The highest BCUT2D eigenvalue weighted by Crippen LogP contribution is 2.41. The van der Waals surface area contributed by atoms with Crippen LogP contribution >= 0.6 is 12.2 Å². The summed E-state index contributed by atoms with van der Waals surface area (Å²) in [6.45, 7) is 1.08. The van der Waals surface area contributed by atoms with Gasteiger partial charge in [-0.05, 0) is 30.9 Å². The summed E-state index contributed by atoms with van der Waals surface area (Å²) in [6, 6.07) is 2.34. The number of aliphatic hydroxyl groups is 1. The summed E-state index contributed by atoms with van der Waals surface area (Å²) < 4.78 is 28.3. The molecule has 1 saturated carbocycles. The zero-order chi connectivity index (χ0) is 14.4. The molecular weight excluding hydrogens is 282 g/mol. The molecule has 0 amide bonds. The fraction of sp³-hybridized carbons (Fsp3) is 0.500. The van der Waals surface area contributed by atoms with Crippen LogP contribution in [0, 0.1) is 23.5 Å². The van der Waals surface area contributed by atoms with Gasteiger partial charge in [-0.2, -0.15) is 0 Å². The van der Waals surface area contributed by atoms with Crippen LogP contribution < -0.4 is 10.6 Å². The van der Waals surface area contributed by atoms with Gasteiger partial charge >= 0.3 is 0 Å². The van der Waals surface area contributed by atoms with Gasteiger partial charge in [0.15, 0.2) is 0 Å². The highest BCUT2D eigenvalue weighted by molar-refractivity contribution is 7.80. The highest BCUT2D eigenvalue weighted by Gasteiger charge is 2.43. The van der Waals surface area contributed by atoms with E-state index in [1.54, 1.807) is 4.90 Å². The molecule has 3 rings (SSSR count). The molecule has 1 aromatic carbocycles. The maximum atomic E-state index is 14.1. The minimum Gasteiger partial charge on any atom is -0.393 e. The number of aliphatic hydroxyl groups excluding tert-OH is 1. The standard InChI is InChI=1S/C14H16F2N2OS/c15-10-3-8(14(17)20)4-11(16)13(10)18-5-7-1-2-12(19)9(7)6-18/h3-4,7,9,12,19H,1-2,5-6H2,(H2,17,20). The number of halogens is 2. The third-order valence-electron chi connectivity index (χ3n) is 4.44. The van der Waals surface area contributed by atoms with Gasteiger partial charge in [0, 0.05) is 24.6 Å². The highest BCUT2D eigenvalue weighted by atomic mass is 32.1. The quantitative estimate of drug-likeness (QED) is 0.818. The minimum absolute atomic E-state index is 0.0249. The number of rotatable bonds is 2. The first-order valence-corrected chi connectivity index (χ1v) is 7.10. The third-order valence-corrected chi connectivity index (χ3v) is 4.67. The van der Waals surface area contributed by atoms with Gasteiger partial charge < -0.3 is 15.7 Å². The van der Waals surface area contributed by atoms with Crippen LogP contribution in [-0.2, 0) is 0 Å². The lowest BCUT2D eigenvalue weighted by Gasteiger charge is -2.22. The van der Waals surface area contributed by atoms with Crippen LogP contribution in [0.3, 0.4) is 0 Å². The van der Waals surface area contributed by atoms with E-state index in [0.29, 0.717) is 19.0 Å². The monoisotopic (exact) mass is 298 g/mol. The average molecular weight is 298 g/mol. The molecule has 108 valence electrons. The molecule has 1 aliphatic carbocycles. The second kappa shape index (κ2) is 4.93. The molecule has 6 heteroatoms. The zero-order valence-corrected chi connectivity index (χ0v) is 11.7. The number of anilines is 1. The summed E-state index contributed by atoms with van der Waals surface area (Å²) in [6.07, 6.45) is 1.34. The molecule has 1 heterocycles. The molecule has 3 N–H and O–H groups in total. The fourth-order valence-corrected chi connectivity index (χ4v) is 3.55. The third kappa shape index (κ3) is 2.16. The Hall–Kier alpha value is -1.27. The van der Waals surface area contributed by atoms with Gasteiger partial charge in [-0.15, -0.1) is 0 Å². The first-order valence-electron chi connectivity index (χ1n) is 6.69. The minimum atomic E-state index is -0.651. The topological polar surface area (TPSA) is 49.5 Å². The SMILES string of the molecule is NC(=S)c1cc(F)c(N2CC3CCC(O)C3C2)c(F)c1. The summed E-state index contributed by atoms with van der Waals surface area (Å²) in [7, 11) is 0. The first-order chi connectivity index (χ1) is 9.47. The maximum absolute atomic E-state index is 14.1. The average Bonchev–Trinajstić information content (AvgIpc) is 2.91.